The van der Waals surface area contributed by atoms with Gasteiger partial charge in [0, 0.05) is 5.41 Å². The van der Waals surface area contributed by atoms with Crippen LogP contribution in [-0.2, 0) is 11.8 Å². The molecule has 0 saturated carbocycles. The Kier molecular flexibility index (Phi) is 7.26. The highest BCUT2D eigenvalue weighted by molar-refractivity contribution is 5.51. The molecular weight excluding hydrogens is 404 g/mol. The van der Waals surface area contributed by atoms with Gasteiger partial charge in [0.25, 0.3) is 0 Å². The highest BCUT2D eigenvalue weighted by Crippen LogP contribution is 2.39. The summed E-state index contributed by atoms with van der Waals surface area (Å²) in [5, 5.41) is 21.0. The second-order valence-electron chi connectivity index (χ2n) is 10.6. The molecule has 0 radical (unpaired) electrons. The van der Waals surface area contributed by atoms with E-state index in [1.165, 1.54) is 22.3 Å². The van der Waals surface area contributed by atoms with Gasteiger partial charge in [-0.1, -0.05) is 83.1 Å². The van der Waals surface area contributed by atoms with Crippen molar-refractivity contribution in [2.24, 2.45) is 0 Å². The lowest BCUT2D eigenvalue weighted by Gasteiger charge is -2.29. The van der Waals surface area contributed by atoms with Gasteiger partial charge in [-0.05, 0) is 90.0 Å². The predicted molar refractivity (Wildman–Crippen MR) is 140 cm³/mol. The number of hydrogen-bond donors (Lipinski definition) is 2. The number of hydrogen-bond acceptors (Lipinski definition) is 2. The van der Waals surface area contributed by atoms with E-state index in [0.717, 1.165) is 35.1 Å². The minimum Gasteiger partial charge on any atom is -0.507 e. The zero-order valence-corrected chi connectivity index (χ0v) is 21.6. The third kappa shape index (κ3) is 5.27. The fraction of sp³-hybridized carbons (Fsp3) is 0.419. The van der Waals surface area contributed by atoms with Crippen molar-refractivity contribution in [3.05, 3.63) is 93.0 Å². The van der Waals surface area contributed by atoms with Crippen LogP contribution in [0.2, 0.25) is 0 Å². The van der Waals surface area contributed by atoms with Crippen LogP contribution in [0.4, 0.5) is 0 Å². The van der Waals surface area contributed by atoms with Crippen LogP contribution in [0, 0.1) is 20.8 Å². The van der Waals surface area contributed by atoms with Crippen molar-refractivity contribution in [2.75, 3.05) is 0 Å². The Morgan fingerprint density at radius 2 is 1.15 bits per heavy atom. The quantitative estimate of drug-likeness (QED) is 0.385. The first-order chi connectivity index (χ1) is 15.4. The number of aromatic hydroxyl groups is 2. The molecule has 0 amide bonds. The minimum atomic E-state index is -0.241. The zero-order valence-electron chi connectivity index (χ0n) is 21.6. The lowest BCUT2D eigenvalue weighted by atomic mass is 9.75. The third-order valence-corrected chi connectivity index (χ3v) is 7.33. The van der Waals surface area contributed by atoms with E-state index in [4.69, 9.17) is 0 Å². The molecule has 2 heteroatoms. The van der Waals surface area contributed by atoms with Crippen LogP contribution in [0.15, 0.2) is 48.5 Å². The van der Waals surface area contributed by atoms with E-state index in [1.807, 2.05) is 20.8 Å². The molecule has 0 bridgehead atoms. The van der Waals surface area contributed by atoms with Crippen LogP contribution >= 0.6 is 0 Å². The first-order valence-corrected chi connectivity index (χ1v) is 12.1. The molecule has 0 saturated heterocycles. The molecule has 3 aromatic rings. The van der Waals surface area contributed by atoms with Gasteiger partial charge >= 0.3 is 0 Å². The summed E-state index contributed by atoms with van der Waals surface area (Å²) in [6, 6.07) is 17.4. The van der Waals surface area contributed by atoms with Crippen molar-refractivity contribution < 1.29 is 10.2 Å². The highest BCUT2D eigenvalue weighted by Gasteiger charge is 2.26. The van der Waals surface area contributed by atoms with Gasteiger partial charge in [-0.2, -0.15) is 0 Å². The molecule has 2 nitrogen and oxygen atoms in total. The van der Waals surface area contributed by atoms with Crippen molar-refractivity contribution in [3.63, 3.8) is 0 Å². The van der Waals surface area contributed by atoms with Crippen molar-refractivity contribution in [2.45, 2.75) is 85.5 Å². The van der Waals surface area contributed by atoms with Crippen molar-refractivity contribution in [3.8, 4) is 11.5 Å². The molecule has 0 aliphatic carbocycles. The predicted octanol–water partition coefficient (Wildman–Crippen LogP) is 8.21. The van der Waals surface area contributed by atoms with Crippen molar-refractivity contribution in [1.29, 1.82) is 0 Å². The summed E-state index contributed by atoms with van der Waals surface area (Å²) >= 11 is 0. The van der Waals surface area contributed by atoms with Crippen LogP contribution in [0.5, 0.6) is 11.5 Å². The van der Waals surface area contributed by atoms with E-state index in [9.17, 15) is 10.2 Å². The maximum atomic E-state index is 10.8. The molecule has 1 atom stereocenters. The minimum absolute atomic E-state index is 0.241. The summed E-state index contributed by atoms with van der Waals surface area (Å²) in [5.74, 6) is 1.74. The normalized spacial score (nSPS) is 12.9. The van der Waals surface area contributed by atoms with Crippen LogP contribution in [0.25, 0.3) is 0 Å². The summed E-state index contributed by atoms with van der Waals surface area (Å²) in [6.45, 7) is 17.0. The van der Waals surface area contributed by atoms with Crippen LogP contribution in [0.1, 0.15) is 97.4 Å². The number of phenolic OH excluding ortho intramolecular Hbond substituents is 2. The van der Waals surface area contributed by atoms with E-state index in [0.29, 0.717) is 23.3 Å². The molecule has 0 aliphatic heterocycles. The van der Waals surface area contributed by atoms with Gasteiger partial charge in [0.2, 0.25) is 0 Å². The highest BCUT2D eigenvalue weighted by atomic mass is 16.3. The second kappa shape index (κ2) is 9.63. The fourth-order valence-corrected chi connectivity index (χ4v) is 4.64. The van der Waals surface area contributed by atoms with Gasteiger partial charge in [0.15, 0.2) is 0 Å². The van der Waals surface area contributed by atoms with Gasteiger partial charge in [-0.3, -0.25) is 0 Å². The van der Waals surface area contributed by atoms with Gasteiger partial charge in [-0.15, -0.1) is 0 Å². The maximum absolute atomic E-state index is 10.8. The standard InChI is InChI=1S/C31H40O2/c1-19(2)24-11-13-25(14-12-24)20(3)9-10-26-18-28(17-23(6)30(26)33)31(7,8)27-15-21(4)29(32)22(5)16-27/h11-20,32-33H,9-10H2,1-8H3. The van der Waals surface area contributed by atoms with E-state index >= 15 is 0 Å². The molecule has 3 aromatic carbocycles. The molecular formula is C31H40O2. The molecule has 0 aliphatic rings. The van der Waals surface area contributed by atoms with Crippen molar-refractivity contribution >= 4 is 0 Å². The Labute approximate surface area is 200 Å². The molecule has 3 rings (SSSR count). The topological polar surface area (TPSA) is 40.5 Å². The first kappa shape index (κ1) is 24.9. The summed E-state index contributed by atoms with van der Waals surface area (Å²) in [6.07, 6.45) is 1.81. The third-order valence-electron chi connectivity index (χ3n) is 7.33. The molecule has 0 heterocycles. The summed E-state index contributed by atoms with van der Waals surface area (Å²) in [5.41, 5.74) is 8.55. The van der Waals surface area contributed by atoms with E-state index < -0.39 is 0 Å². The maximum Gasteiger partial charge on any atom is 0.121 e. The molecule has 0 fully saturated rings. The van der Waals surface area contributed by atoms with Gasteiger partial charge < -0.3 is 10.2 Å². The van der Waals surface area contributed by atoms with Gasteiger partial charge in [-0.25, -0.2) is 0 Å². The van der Waals surface area contributed by atoms with Crippen molar-refractivity contribution in [1.82, 2.24) is 0 Å². The fourth-order valence-electron chi connectivity index (χ4n) is 4.64. The lowest BCUT2D eigenvalue weighted by molar-refractivity contribution is 0.460. The zero-order chi connectivity index (χ0) is 24.5. The molecule has 2 N–H and O–H groups in total. The van der Waals surface area contributed by atoms with Crippen LogP contribution < -0.4 is 0 Å². The summed E-state index contributed by atoms with van der Waals surface area (Å²) in [4.78, 5) is 0. The Morgan fingerprint density at radius 3 is 1.67 bits per heavy atom. The molecule has 1 unspecified atom stereocenters. The molecule has 33 heavy (non-hydrogen) atoms. The Balaban J connectivity index is 1.86. The number of phenols is 2. The number of rotatable bonds is 7. The average molecular weight is 445 g/mol. The molecule has 0 aromatic heterocycles. The molecule has 176 valence electrons. The lowest BCUT2D eigenvalue weighted by Crippen LogP contribution is -2.20. The number of benzene rings is 3. The van der Waals surface area contributed by atoms with Gasteiger partial charge in [0.1, 0.15) is 11.5 Å². The summed E-state index contributed by atoms with van der Waals surface area (Å²) < 4.78 is 0. The van der Waals surface area contributed by atoms with E-state index in [1.54, 1.807) is 0 Å². The van der Waals surface area contributed by atoms with Gasteiger partial charge in [0.05, 0.1) is 0 Å². The van der Waals surface area contributed by atoms with Crippen LogP contribution in [0.3, 0.4) is 0 Å². The summed E-state index contributed by atoms with van der Waals surface area (Å²) in [7, 11) is 0. The monoisotopic (exact) mass is 444 g/mol. The Morgan fingerprint density at radius 1 is 0.697 bits per heavy atom. The van der Waals surface area contributed by atoms with E-state index in [2.05, 4.69) is 83.1 Å². The largest absolute Gasteiger partial charge is 0.507 e. The van der Waals surface area contributed by atoms with E-state index in [-0.39, 0.29) is 5.41 Å². The smallest absolute Gasteiger partial charge is 0.121 e. The van der Waals surface area contributed by atoms with Crippen LogP contribution in [-0.4, -0.2) is 10.2 Å². The molecule has 0 spiro atoms. The number of aryl methyl sites for hydroxylation is 4. The second-order valence-corrected chi connectivity index (χ2v) is 10.6. The SMILES string of the molecule is Cc1cc(C(C)(C)c2cc(C)c(O)c(CCC(C)c3ccc(C(C)C)cc3)c2)cc(C)c1O. The average Bonchev–Trinajstić information content (AvgIpc) is 2.77. The Hall–Kier alpha value is -2.74. The first-order valence-electron chi connectivity index (χ1n) is 12.1. The Bertz CT molecular complexity index is 1100.